The zero-order chi connectivity index (χ0) is 20.0. The van der Waals surface area contributed by atoms with E-state index in [1.807, 2.05) is 26.6 Å². The molecule has 4 atom stereocenters. The van der Waals surface area contributed by atoms with Crippen molar-refractivity contribution in [1.82, 2.24) is 4.31 Å². The predicted molar refractivity (Wildman–Crippen MR) is 106 cm³/mol. The third-order valence-electron chi connectivity index (χ3n) is 4.84. The number of β-lactam (4-membered cyclic amide) rings is 1. The summed E-state index contributed by atoms with van der Waals surface area (Å²) in [7, 11) is -2.89. The molecule has 0 aromatic heterocycles. The van der Waals surface area contributed by atoms with Crippen LogP contribution in [0.2, 0.25) is 38.3 Å². The number of carbonyl (C=O) groups excluding carboxylic acids is 1. The molecule has 0 aromatic carbocycles. The standard InChI is InChI=1S/C15H32ClNO5SSi2/c1-10(2)12(4)25(8,9)21-11(3)13-14(18)17(23(16,19)20)15(13)22-24(5,6)7/h10-13,15H,1-9H3. The molecule has 25 heavy (non-hydrogen) atoms. The first-order chi connectivity index (χ1) is 11.0. The van der Waals surface area contributed by atoms with Crippen molar-refractivity contribution >= 4 is 42.5 Å². The molecule has 1 heterocycles. The minimum Gasteiger partial charge on any atom is -0.413 e. The molecule has 0 radical (unpaired) electrons. The zero-order valence-corrected chi connectivity index (χ0v) is 20.2. The monoisotopic (exact) mass is 429 g/mol. The average Bonchev–Trinajstić information content (AvgIpc) is 2.32. The average molecular weight is 430 g/mol. The second-order valence-corrected chi connectivity index (χ2v) is 19.9. The van der Waals surface area contributed by atoms with Crippen LogP contribution in [0.25, 0.3) is 0 Å². The van der Waals surface area contributed by atoms with Gasteiger partial charge in [-0.15, -0.1) is 0 Å². The van der Waals surface area contributed by atoms with Crippen LogP contribution in [0, 0.1) is 11.8 Å². The van der Waals surface area contributed by atoms with Crippen molar-refractivity contribution in [3.63, 3.8) is 0 Å². The van der Waals surface area contributed by atoms with Crippen LogP contribution in [0.3, 0.4) is 0 Å². The van der Waals surface area contributed by atoms with Gasteiger partial charge in [0.25, 0.3) is 0 Å². The third-order valence-corrected chi connectivity index (χ3v) is 10.9. The summed E-state index contributed by atoms with van der Waals surface area (Å²) >= 11 is 0. The van der Waals surface area contributed by atoms with E-state index in [4.69, 9.17) is 19.5 Å². The van der Waals surface area contributed by atoms with Gasteiger partial charge < -0.3 is 8.85 Å². The van der Waals surface area contributed by atoms with Crippen molar-refractivity contribution in [3.05, 3.63) is 0 Å². The number of halogens is 1. The van der Waals surface area contributed by atoms with E-state index in [2.05, 4.69) is 33.9 Å². The summed E-state index contributed by atoms with van der Waals surface area (Å²) in [6.07, 6.45) is -1.30. The summed E-state index contributed by atoms with van der Waals surface area (Å²) in [5.74, 6) is -0.723. The van der Waals surface area contributed by atoms with Crippen LogP contribution in [0.1, 0.15) is 27.7 Å². The molecule has 4 unspecified atom stereocenters. The van der Waals surface area contributed by atoms with Gasteiger partial charge in [0.1, 0.15) is 5.92 Å². The van der Waals surface area contributed by atoms with E-state index in [0.29, 0.717) is 15.8 Å². The molecule has 1 rings (SSSR count). The molecule has 1 aliphatic heterocycles. The highest BCUT2D eigenvalue weighted by molar-refractivity contribution is 8.12. The second-order valence-electron chi connectivity index (χ2n) is 8.68. The molecular formula is C15H32ClNO5SSi2. The topological polar surface area (TPSA) is 72.9 Å². The predicted octanol–water partition coefficient (Wildman–Crippen LogP) is 3.76. The van der Waals surface area contributed by atoms with Gasteiger partial charge in [-0.2, -0.15) is 12.7 Å². The van der Waals surface area contributed by atoms with E-state index in [1.54, 1.807) is 0 Å². The first-order valence-electron chi connectivity index (χ1n) is 8.62. The summed E-state index contributed by atoms with van der Waals surface area (Å²) in [4.78, 5) is 12.5. The summed E-state index contributed by atoms with van der Waals surface area (Å²) in [6, 6.07) is 0. The van der Waals surface area contributed by atoms with Crippen LogP contribution in [0.5, 0.6) is 0 Å². The number of hydrogen-bond acceptors (Lipinski definition) is 5. The van der Waals surface area contributed by atoms with Gasteiger partial charge in [-0.05, 0) is 51.1 Å². The van der Waals surface area contributed by atoms with Crippen LogP contribution in [0.4, 0.5) is 0 Å². The molecular weight excluding hydrogens is 398 g/mol. The fourth-order valence-electron chi connectivity index (χ4n) is 3.07. The highest BCUT2D eigenvalue weighted by Crippen LogP contribution is 2.40. The smallest absolute Gasteiger partial charge is 0.326 e. The van der Waals surface area contributed by atoms with Crippen LogP contribution < -0.4 is 0 Å². The zero-order valence-electron chi connectivity index (χ0n) is 16.7. The quantitative estimate of drug-likeness (QED) is 0.333. The molecule has 0 saturated carbocycles. The molecule has 0 bridgehead atoms. The summed E-state index contributed by atoms with van der Waals surface area (Å²) < 4.78 is 36.4. The van der Waals surface area contributed by atoms with Crippen molar-refractivity contribution in [3.8, 4) is 0 Å². The lowest BCUT2D eigenvalue weighted by Gasteiger charge is -2.49. The molecule has 1 amide bonds. The van der Waals surface area contributed by atoms with Crippen LogP contribution in [-0.4, -0.2) is 47.6 Å². The van der Waals surface area contributed by atoms with E-state index in [9.17, 15) is 13.2 Å². The maximum atomic E-state index is 12.5. The van der Waals surface area contributed by atoms with E-state index in [-0.39, 0.29) is 0 Å². The van der Waals surface area contributed by atoms with Crippen molar-refractivity contribution < 1.29 is 22.1 Å². The Bertz CT molecular complexity index is 606. The lowest BCUT2D eigenvalue weighted by atomic mass is 9.94. The lowest BCUT2D eigenvalue weighted by molar-refractivity contribution is -0.170. The third kappa shape index (κ3) is 5.52. The number of amides is 1. The summed E-state index contributed by atoms with van der Waals surface area (Å²) in [6.45, 7) is 18.4. The molecule has 1 aliphatic rings. The van der Waals surface area contributed by atoms with E-state index in [0.717, 1.165) is 0 Å². The first kappa shape index (κ1) is 23.1. The molecule has 6 nitrogen and oxygen atoms in total. The molecule has 10 heteroatoms. The van der Waals surface area contributed by atoms with Gasteiger partial charge in [-0.25, -0.2) is 0 Å². The van der Waals surface area contributed by atoms with Gasteiger partial charge in [0.15, 0.2) is 22.9 Å². The van der Waals surface area contributed by atoms with Gasteiger partial charge in [0, 0.05) is 10.7 Å². The van der Waals surface area contributed by atoms with E-state index < -0.39 is 50.0 Å². The van der Waals surface area contributed by atoms with Crippen LogP contribution in [0.15, 0.2) is 0 Å². The molecule has 0 N–H and O–H groups in total. The van der Waals surface area contributed by atoms with Gasteiger partial charge in [0.2, 0.25) is 5.91 Å². The number of nitrogens with zero attached hydrogens (tertiary/aromatic N) is 1. The fourth-order valence-corrected chi connectivity index (χ4v) is 8.24. The molecule has 1 fully saturated rings. The number of carbonyl (C=O) groups is 1. The molecule has 148 valence electrons. The van der Waals surface area contributed by atoms with Gasteiger partial charge in [-0.3, -0.25) is 4.79 Å². The van der Waals surface area contributed by atoms with Crippen molar-refractivity contribution in [2.45, 2.75) is 78.3 Å². The van der Waals surface area contributed by atoms with Gasteiger partial charge in [0.05, 0.1) is 6.10 Å². The van der Waals surface area contributed by atoms with Crippen LogP contribution >= 0.6 is 10.7 Å². The minimum atomic E-state index is -4.17. The van der Waals surface area contributed by atoms with Crippen molar-refractivity contribution in [2.75, 3.05) is 0 Å². The summed E-state index contributed by atoms with van der Waals surface area (Å²) in [5, 5.41) is 0. The SMILES string of the molecule is CC(C)C(C)[Si](C)(C)OC(C)C1C(=O)N(S(=O)(=O)Cl)C1O[Si](C)(C)C. The molecule has 1 saturated heterocycles. The Kier molecular flexibility index (Phi) is 7.02. The van der Waals surface area contributed by atoms with Gasteiger partial charge >= 0.3 is 9.24 Å². The lowest BCUT2D eigenvalue weighted by Crippen LogP contribution is -2.68. The Hall–Kier alpha value is 0.0638. The number of hydrogen-bond donors (Lipinski definition) is 0. The van der Waals surface area contributed by atoms with Crippen LogP contribution in [-0.2, 0) is 22.9 Å². The Morgan fingerprint density at radius 2 is 1.56 bits per heavy atom. The van der Waals surface area contributed by atoms with Crippen molar-refractivity contribution in [2.24, 2.45) is 11.8 Å². The molecule has 0 spiro atoms. The van der Waals surface area contributed by atoms with E-state index >= 15 is 0 Å². The first-order valence-corrected chi connectivity index (χ1v) is 17.3. The highest BCUT2D eigenvalue weighted by Gasteiger charge is 2.58. The Labute approximate surface area is 159 Å². The largest absolute Gasteiger partial charge is 0.413 e. The van der Waals surface area contributed by atoms with Gasteiger partial charge in [-0.1, -0.05) is 20.8 Å². The fraction of sp³-hybridized carbons (Fsp3) is 0.933. The number of rotatable bonds is 8. The Morgan fingerprint density at radius 3 is 1.92 bits per heavy atom. The molecule has 0 aromatic rings. The van der Waals surface area contributed by atoms with E-state index in [1.165, 1.54) is 0 Å². The minimum absolute atomic E-state index is 0.398. The maximum absolute atomic E-state index is 12.5. The highest BCUT2D eigenvalue weighted by atomic mass is 35.7. The van der Waals surface area contributed by atoms with Crippen molar-refractivity contribution in [1.29, 1.82) is 0 Å². The Morgan fingerprint density at radius 1 is 1.08 bits per heavy atom. The second kappa shape index (κ2) is 7.59. The molecule has 0 aliphatic carbocycles. The normalized spacial score (nSPS) is 25.1. The Balaban J connectivity index is 3.03. The maximum Gasteiger partial charge on any atom is 0.326 e. The summed E-state index contributed by atoms with van der Waals surface area (Å²) in [5.41, 5.74) is 0.398.